The molecule has 0 radical (unpaired) electrons. The van der Waals surface area contributed by atoms with Crippen LogP contribution in [0.5, 0.6) is 0 Å². The number of thioether (sulfide) groups is 1. The van der Waals surface area contributed by atoms with Crippen molar-refractivity contribution in [2.45, 2.75) is 19.0 Å². The lowest BCUT2D eigenvalue weighted by Gasteiger charge is -2.13. The average Bonchev–Trinajstić information content (AvgIpc) is 2.74. The van der Waals surface area contributed by atoms with Gasteiger partial charge in [-0.3, -0.25) is 14.2 Å². The van der Waals surface area contributed by atoms with Crippen molar-refractivity contribution in [3.8, 4) is 5.69 Å². The maximum atomic E-state index is 13.2. The molecule has 0 atom stereocenters. The standard InChI is InChI=1S/C24H20N2O2S/c1-16-12-13-17(2)20(14-16)22(27)15-29-24-25-21-11-7-6-10-19(21)23(28)26(24)18-8-4-3-5-9-18/h3-14H,15H2,1-2H3. The Morgan fingerprint density at radius 3 is 2.48 bits per heavy atom. The van der Waals surface area contributed by atoms with Gasteiger partial charge in [0.1, 0.15) is 0 Å². The van der Waals surface area contributed by atoms with Crippen LogP contribution in [0.3, 0.4) is 0 Å². The molecule has 0 N–H and O–H groups in total. The molecule has 144 valence electrons. The number of aryl methyl sites for hydroxylation is 2. The van der Waals surface area contributed by atoms with Crippen molar-refractivity contribution in [2.75, 3.05) is 5.75 Å². The second-order valence-electron chi connectivity index (χ2n) is 6.92. The summed E-state index contributed by atoms with van der Waals surface area (Å²) in [7, 11) is 0. The van der Waals surface area contributed by atoms with Gasteiger partial charge in [-0.15, -0.1) is 0 Å². The zero-order valence-electron chi connectivity index (χ0n) is 16.3. The third-order valence-corrected chi connectivity index (χ3v) is 5.72. The van der Waals surface area contributed by atoms with Gasteiger partial charge in [0.05, 0.1) is 22.3 Å². The number of hydrogen-bond acceptors (Lipinski definition) is 4. The van der Waals surface area contributed by atoms with Gasteiger partial charge in [-0.1, -0.05) is 59.8 Å². The molecule has 0 bridgehead atoms. The second kappa shape index (κ2) is 8.05. The Bertz CT molecular complexity index is 1260. The Morgan fingerprint density at radius 2 is 1.69 bits per heavy atom. The van der Waals surface area contributed by atoms with Gasteiger partial charge in [0.25, 0.3) is 5.56 Å². The summed E-state index contributed by atoms with van der Waals surface area (Å²) in [5.41, 5.74) is 3.95. The Kier molecular flexibility index (Phi) is 5.32. The first-order valence-electron chi connectivity index (χ1n) is 9.35. The first-order valence-corrected chi connectivity index (χ1v) is 10.3. The third kappa shape index (κ3) is 3.87. The fourth-order valence-corrected chi connectivity index (χ4v) is 4.15. The fraction of sp³-hybridized carbons (Fsp3) is 0.125. The molecule has 4 nitrogen and oxygen atoms in total. The number of hydrogen-bond donors (Lipinski definition) is 0. The minimum absolute atomic E-state index is 0.0261. The van der Waals surface area contributed by atoms with Gasteiger partial charge in [-0.05, 0) is 49.7 Å². The van der Waals surface area contributed by atoms with Crippen LogP contribution in [0.25, 0.3) is 16.6 Å². The Labute approximate surface area is 173 Å². The molecule has 1 aromatic heterocycles. The molecule has 0 saturated heterocycles. The predicted molar refractivity (Wildman–Crippen MR) is 118 cm³/mol. The summed E-state index contributed by atoms with van der Waals surface area (Å²) in [6.45, 7) is 3.91. The van der Waals surface area contributed by atoms with E-state index in [2.05, 4.69) is 0 Å². The average molecular weight is 401 g/mol. The fourth-order valence-electron chi connectivity index (χ4n) is 3.26. The number of Topliss-reactive ketones (excluding diaryl/α,β-unsaturated/α-hetero) is 1. The molecule has 4 aromatic rings. The van der Waals surface area contributed by atoms with Crippen molar-refractivity contribution < 1.29 is 4.79 Å². The quantitative estimate of drug-likeness (QED) is 0.269. The van der Waals surface area contributed by atoms with Crippen molar-refractivity contribution in [2.24, 2.45) is 0 Å². The van der Waals surface area contributed by atoms with Crippen molar-refractivity contribution in [1.29, 1.82) is 0 Å². The highest BCUT2D eigenvalue weighted by molar-refractivity contribution is 7.99. The van der Waals surface area contributed by atoms with Crippen LogP contribution >= 0.6 is 11.8 Å². The molecule has 29 heavy (non-hydrogen) atoms. The minimum Gasteiger partial charge on any atom is -0.293 e. The normalized spacial score (nSPS) is 11.0. The molecule has 4 rings (SSSR count). The van der Waals surface area contributed by atoms with Crippen LogP contribution in [0.1, 0.15) is 21.5 Å². The molecule has 0 saturated carbocycles. The first-order chi connectivity index (χ1) is 14.0. The largest absolute Gasteiger partial charge is 0.293 e. The summed E-state index contributed by atoms with van der Waals surface area (Å²) in [4.78, 5) is 30.7. The molecular formula is C24H20N2O2S. The topological polar surface area (TPSA) is 52.0 Å². The molecule has 0 spiro atoms. The summed E-state index contributed by atoms with van der Waals surface area (Å²) in [5.74, 6) is 0.236. The molecule has 0 amide bonds. The van der Waals surface area contributed by atoms with Crippen LogP contribution in [0, 0.1) is 13.8 Å². The van der Waals surface area contributed by atoms with E-state index in [9.17, 15) is 9.59 Å². The third-order valence-electron chi connectivity index (χ3n) is 4.79. The van der Waals surface area contributed by atoms with E-state index in [0.717, 1.165) is 16.8 Å². The highest BCUT2D eigenvalue weighted by Gasteiger charge is 2.16. The number of carbonyl (C=O) groups is 1. The molecule has 0 fully saturated rings. The monoisotopic (exact) mass is 400 g/mol. The van der Waals surface area contributed by atoms with Crippen molar-refractivity contribution in [1.82, 2.24) is 9.55 Å². The minimum atomic E-state index is -0.136. The lowest BCUT2D eigenvalue weighted by molar-refractivity contribution is 0.102. The second-order valence-corrected chi connectivity index (χ2v) is 7.86. The van der Waals surface area contributed by atoms with Crippen LogP contribution in [0.15, 0.2) is 82.7 Å². The molecular weight excluding hydrogens is 380 g/mol. The van der Waals surface area contributed by atoms with Gasteiger partial charge >= 0.3 is 0 Å². The number of fused-ring (bicyclic) bond motifs is 1. The Balaban J connectivity index is 1.76. The maximum Gasteiger partial charge on any atom is 0.266 e. The number of para-hydroxylation sites is 2. The summed E-state index contributed by atoms with van der Waals surface area (Å²) >= 11 is 1.29. The molecule has 0 aliphatic carbocycles. The van der Waals surface area contributed by atoms with E-state index >= 15 is 0 Å². The van der Waals surface area contributed by atoms with Crippen LogP contribution < -0.4 is 5.56 Å². The van der Waals surface area contributed by atoms with Gasteiger partial charge in [-0.25, -0.2) is 4.98 Å². The summed E-state index contributed by atoms with van der Waals surface area (Å²) in [6.07, 6.45) is 0. The van der Waals surface area contributed by atoms with Crippen LogP contribution in [0.4, 0.5) is 0 Å². The summed E-state index contributed by atoms with van der Waals surface area (Å²) in [5, 5.41) is 1.07. The van der Waals surface area contributed by atoms with Gasteiger partial charge in [0.15, 0.2) is 10.9 Å². The number of benzene rings is 3. The molecule has 0 aliphatic heterocycles. The van der Waals surface area contributed by atoms with E-state index in [1.165, 1.54) is 11.8 Å². The van der Waals surface area contributed by atoms with E-state index in [0.29, 0.717) is 21.6 Å². The van der Waals surface area contributed by atoms with Crippen LogP contribution in [-0.2, 0) is 0 Å². The van der Waals surface area contributed by atoms with Gasteiger partial charge in [0.2, 0.25) is 0 Å². The molecule has 3 aromatic carbocycles. The van der Waals surface area contributed by atoms with E-state index in [1.807, 2.05) is 80.6 Å². The summed E-state index contributed by atoms with van der Waals surface area (Å²) in [6, 6.07) is 22.6. The van der Waals surface area contributed by atoms with Crippen LogP contribution in [-0.4, -0.2) is 21.1 Å². The zero-order valence-corrected chi connectivity index (χ0v) is 17.1. The Morgan fingerprint density at radius 1 is 0.966 bits per heavy atom. The van der Waals surface area contributed by atoms with E-state index < -0.39 is 0 Å². The highest BCUT2D eigenvalue weighted by atomic mass is 32.2. The lowest BCUT2D eigenvalue weighted by atomic mass is 10.0. The predicted octanol–water partition coefficient (Wildman–Crippen LogP) is 4.98. The molecule has 0 unspecified atom stereocenters. The maximum absolute atomic E-state index is 13.2. The first kappa shape index (κ1) is 19.2. The smallest absolute Gasteiger partial charge is 0.266 e. The number of ketones is 1. The molecule has 0 aliphatic rings. The number of aromatic nitrogens is 2. The van der Waals surface area contributed by atoms with E-state index in [1.54, 1.807) is 10.6 Å². The van der Waals surface area contributed by atoms with Crippen LogP contribution in [0.2, 0.25) is 0 Å². The lowest BCUT2D eigenvalue weighted by Crippen LogP contribution is -2.22. The molecule has 5 heteroatoms. The van der Waals surface area contributed by atoms with Crippen molar-refractivity contribution >= 4 is 28.4 Å². The SMILES string of the molecule is Cc1ccc(C)c(C(=O)CSc2nc3ccccc3c(=O)n2-c2ccccc2)c1. The number of rotatable bonds is 5. The van der Waals surface area contributed by atoms with Gasteiger partial charge < -0.3 is 0 Å². The van der Waals surface area contributed by atoms with E-state index in [4.69, 9.17) is 4.98 Å². The summed E-state index contributed by atoms with van der Waals surface area (Å²) < 4.78 is 1.59. The Hall–Kier alpha value is -3.18. The molecule has 1 heterocycles. The van der Waals surface area contributed by atoms with Crippen molar-refractivity contribution in [3.63, 3.8) is 0 Å². The van der Waals surface area contributed by atoms with Gasteiger partial charge in [0, 0.05) is 5.56 Å². The number of nitrogens with zero attached hydrogens (tertiary/aromatic N) is 2. The zero-order chi connectivity index (χ0) is 20.4. The van der Waals surface area contributed by atoms with E-state index in [-0.39, 0.29) is 17.1 Å². The van der Waals surface area contributed by atoms with Gasteiger partial charge in [-0.2, -0.15) is 0 Å². The van der Waals surface area contributed by atoms with Crippen molar-refractivity contribution in [3.05, 3.63) is 99.8 Å². The highest BCUT2D eigenvalue weighted by Crippen LogP contribution is 2.23. The number of carbonyl (C=O) groups excluding carboxylic acids is 1.